The topological polar surface area (TPSA) is 75.3 Å². The van der Waals surface area contributed by atoms with Gasteiger partial charge >= 0.3 is 0 Å². The number of carbonyl (C=O) groups excluding carboxylic acids is 1. The highest BCUT2D eigenvalue weighted by Gasteiger charge is 2.22. The fourth-order valence-electron chi connectivity index (χ4n) is 2.16. The number of anilines is 1. The molecule has 0 unspecified atom stereocenters. The van der Waals surface area contributed by atoms with E-state index in [1.54, 1.807) is 6.07 Å². The molecule has 24 heavy (non-hydrogen) atoms. The summed E-state index contributed by atoms with van der Waals surface area (Å²) < 4.78 is 26.9. The van der Waals surface area contributed by atoms with Gasteiger partial charge in [-0.15, -0.1) is 0 Å². The molecular weight excluding hydrogens is 348 g/mol. The quantitative estimate of drug-likeness (QED) is 0.852. The van der Waals surface area contributed by atoms with Crippen LogP contribution in [0.1, 0.15) is 18.1 Å². The van der Waals surface area contributed by atoms with Gasteiger partial charge in [-0.25, -0.2) is 8.42 Å². The maximum atomic E-state index is 12.3. The number of nitrogens with one attached hydrogen (secondary N) is 2. The Morgan fingerprint density at radius 3 is 2.29 bits per heavy atom. The summed E-state index contributed by atoms with van der Waals surface area (Å²) >= 11 is 5.75. The van der Waals surface area contributed by atoms with E-state index in [2.05, 4.69) is 10.0 Å². The summed E-state index contributed by atoms with van der Waals surface area (Å²) in [5.41, 5.74) is 2.65. The monoisotopic (exact) mass is 366 g/mol. The molecule has 128 valence electrons. The highest BCUT2D eigenvalue weighted by Crippen LogP contribution is 2.17. The number of rotatable bonds is 5. The molecule has 2 rings (SSSR count). The highest BCUT2D eigenvalue weighted by molar-refractivity contribution is 7.89. The van der Waals surface area contributed by atoms with Crippen LogP contribution in [-0.2, 0) is 14.8 Å². The molecule has 2 aromatic rings. The third kappa shape index (κ3) is 4.56. The minimum atomic E-state index is -3.80. The minimum absolute atomic E-state index is 0.0538. The second-order valence-corrected chi connectivity index (χ2v) is 7.75. The molecule has 7 heteroatoms. The number of aryl methyl sites for hydroxylation is 2. The Morgan fingerprint density at radius 1 is 1.08 bits per heavy atom. The maximum absolute atomic E-state index is 12.3. The fourth-order valence-corrected chi connectivity index (χ4v) is 3.49. The molecule has 0 aromatic heterocycles. The lowest BCUT2D eigenvalue weighted by Gasteiger charge is -2.16. The van der Waals surface area contributed by atoms with Crippen molar-refractivity contribution in [2.45, 2.75) is 31.7 Å². The van der Waals surface area contributed by atoms with Crippen molar-refractivity contribution < 1.29 is 13.2 Å². The number of hydrogen-bond donors (Lipinski definition) is 2. The van der Waals surface area contributed by atoms with E-state index in [9.17, 15) is 13.2 Å². The maximum Gasteiger partial charge on any atom is 0.242 e. The number of carbonyl (C=O) groups is 1. The third-order valence-corrected chi connectivity index (χ3v) is 5.30. The van der Waals surface area contributed by atoms with Gasteiger partial charge in [-0.2, -0.15) is 4.72 Å². The van der Waals surface area contributed by atoms with E-state index in [-0.39, 0.29) is 4.90 Å². The standard InChI is InChI=1S/C17H19ClN2O3S/c1-11-4-9-16(12(2)10-11)19-17(21)13(3)20-24(22,23)15-7-5-14(18)6-8-15/h4-10,13,20H,1-3H3,(H,19,21)/t13-/m1/s1. The Bertz CT molecular complexity index is 849. The molecule has 5 nitrogen and oxygen atoms in total. The molecule has 0 aliphatic carbocycles. The van der Waals surface area contributed by atoms with Crippen LogP contribution in [0.3, 0.4) is 0 Å². The molecule has 2 aromatic carbocycles. The van der Waals surface area contributed by atoms with E-state index in [1.807, 2.05) is 26.0 Å². The first-order valence-corrected chi connectivity index (χ1v) is 9.21. The first-order chi connectivity index (χ1) is 11.2. The van der Waals surface area contributed by atoms with Crippen molar-refractivity contribution in [2.75, 3.05) is 5.32 Å². The third-order valence-electron chi connectivity index (χ3n) is 3.49. The molecule has 1 amide bonds. The number of sulfonamides is 1. The molecule has 0 radical (unpaired) electrons. The molecular formula is C17H19ClN2O3S. The summed E-state index contributed by atoms with van der Waals surface area (Å²) in [6.07, 6.45) is 0. The summed E-state index contributed by atoms with van der Waals surface area (Å²) in [4.78, 5) is 12.3. The predicted molar refractivity (Wildman–Crippen MR) is 95.8 cm³/mol. The summed E-state index contributed by atoms with van der Waals surface area (Å²) in [5, 5.41) is 3.17. The van der Waals surface area contributed by atoms with Gasteiger partial charge in [0.1, 0.15) is 0 Å². The normalized spacial score (nSPS) is 12.7. The second kappa shape index (κ2) is 7.34. The van der Waals surface area contributed by atoms with Crippen LogP contribution in [0.15, 0.2) is 47.4 Å². The van der Waals surface area contributed by atoms with E-state index in [4.69, 9.17) is 11.6 Å². The van der Waals surface area contributed by atoms with E-state index in [0.717, 1.165) is 11.1 Å². The van der Waals surface area contributed by atoms with Crippen molar-refractivity contribution in [3.8, 4) is 0 Å². The molecule has 0 aliphatic rings. The molecule has 1 atom stereocenters. The molecule has 0 aliphatic heterocycles. The van der Waals surface area contributed by atoms with E-state index >= 15 is 0 Å². The largest absolute Gasteiger partial charge is 0.324 e. The molecule has 2 N–H and O–H groups in total. The van der Waals surface area contributed by atoms with Gasteiger partial charge in [0.15, 0.2) is 0 Å². The first-order valence-electron chi connectivity index (χ1n) is 7.35. The van der Waals surface area contributed by atoms with Gasteiger partial charge in [-0.1, -0.05) is 29.3 Å². The van der Waals surface area contributed by atoms with Gasteiger partial charge in [0.2, 0.25) is 15.9 Å². The fraction of sp³-hybridized carbons (Fsp3) is 0.235. The Kier molecular flexibility index (Phi) is 5.64. The first kappa shape index (κ1) is 18.4. The van der Waals surface area contributed by atoms with Gasteiger partial charge in [0.05, 0.1) is 10.9 Å². The van der Waals surface area contributed by atoms with Gasteiger partial charge in [0.25, 0.3) is 0 Å². The van der Waals surface area contributed by atoms with Crippen LogP contribution < -0.4 is 10.0 Å². The Balaban J connectivity index is 2.09. The molecule has 0 saturated carbocycles. The number of amides is 1. The average molecular weight is 367 g/mol. The van der Waals surface area contributed by atoms with Crippen LogP contribution in [-0.4, -0.2) is 20.4 Å². The molecule has 0 spiro atoms. The van der Waals surface area contributed by atoms with Crippen LogP contribution in [0.25, 0.3) is 0 Å². The van der Waals surface area contributed by atoms with Crippen molar-refractivity contribution in [1.29, 1.82) is 0 Å². The van der Waals surface area contributed by atoms with Crippen LogP contribution >= 0.6 is 11.6 Å². The lowest BCUT2D eigenvalue weighted by Crippen LogP contribution is -2.41. The second-order valence-electron chi connectivity index (χ2n) is 5.60. The molecule has 0 saturated heterocycles. The van der Waals surface area contributed by atoms with Crippen molar-refractivity contribution >= 4 is 33.2 Å². The zero-order chi connectivity index (χ0) is 17.9. The number of hydrogen-bond acceptors (Lipinski definition) is 3. The number of halogens is 1. The van der Waals surface area contributed by atoms with Crippen molar-refractivity contribution in [2.24, 2.45) is 0 Å². The number of benzene rings is 2. The van der Waals surface area contributed by atoms with Gasteiger partial charge in [-0.3, -0.25) is 4.79 Å². The van der Waals surface area contributed by atoms with Crippen molar-refractivity contribution in [1.82, 2.24) is 4.72 Å². The van der Waals surface area contributed by atoms with Crippen LogP contribution in [0.2, 0.25) is 5.02 Å². The van der Waals surface area contributed by atoms with Gasteiger partial charge < -0.3 is 5.32 Å². The summed E-state index contributed by atoms with van der Waals surface area (Å²) in [6.45, 7) is 5.33. The van der Waals surface area contributed by atoms with Crippen LogP contribution in [0, 0.1) is 13.8 Å². The van der Waals surface area contributed by atoms with Gasteiger partial charge in [0, 0.05) is 10.7 Å². The Morgan fingerprint density at radius 2 is 1.71 bits per heavy atom. The Labute approximate surface area is 147 Å². The summed E-state index contributed by atoms with van der Waals surface area (Å²) in [7, 11) is -3.80. The Hall–Kier alpha value is -1.89. The van der Waals surface area contributed by atoms with Crippen molar-refractivity contribution in [3.63, 3.8) is 0 Å². The SMILES string of the molecule is Cc1ccc(NC(=O)[C@@H](C)NS(=O)(=O)c2ccc(Cl)cc2)c(C)c1. The molecule has 0 bridgehead atoms. The van der Waals surface area contributed by atoms with E-state index in [1.165, 1.54) is 31.2 Å². The summed E-state index contributed by atoms with van der Waals surface area (Å²) in [6, 6.07) is 10.4. The molecule has 0 heterocycles. The average Bonchev–Trinajstić information content (AvgIpc) is 2.50. The van der Waals surface area contributed by atoms with Crippen molar-refractivity contribution in [3.05, 3.63) is 58.6 Å². The lowest BCUT2D eigenvalue weighted by atomic mass is 10.1. The van der Waals surface area contributed by atoms with Crippen LogP contribution in [0.4, 0.5) is 5.69 Å². The summed E-state index contributed by atoms with van der Waals surface area (Å²) in [5.74, 6) is -0.431. The lowest BCUT2D eigenvalue weighted by molar-refractivity contribution is -0.117. The smallest absolute Gasteiger partial charge is 0.242 e. The van der Waals surface area contributed by atoms with Crippen LogP contribution in [0.5, 0.6) is 0 Å². The predicted octanol–water partition coefficient (Wildman–Crippen LogP) is 3.26. The van der Waals surface area contributed by atoms with E-state index in [0.29, 0.717) is 10.7 Å². The zero-order valence-corrected chi connectivity index (χ0v) is 15.2. The molecule has 0 fully saturated rings. The van der Waals surface area contributed by atoms with Gasteiger partial charge in [-0.05, 0) is 56.7 Å². The van der Waals surface area contributed by atoms with E-state index < -0.39 is 22.0 Å². The highest BCUT2D eigenvalue weighted by atomic mass is 35.5. The zero-order valence-electron chi connectivity index (χ0n) is 13.6. The minimum Gasteiger partial charge on any atom is -0.324 e.